The summed E-state index contributed by atoms with van der Waals surface area (Å²) in [4.78, 5) is 0. The van der Waals surface area contributed by atoms with Crippen molar-refractivity contribution in [1.29, 1.82) is 0 Å². The van der Waals surface area contributed by atoms with Crippen molar-refractivity contribution >= 4 is 0 Å². The van der Waals surface area contributed by atoms with E-state index < -0.39 is 0 Å². The second-order valence-corrected chi connectivity index (χ2v) is 7.19. The van der Waals surface area contributed by atoms with Gasteiger partial charge in [0.05, 0.1) is 13.2 Å². The maximum atomic E-state index is 6.04. The largest absolute Gasteiger partial charge is 0.497 e. The van der Waals surface area contributed by atoms with Crippen LogP contribution in [0, 0.1) is 0 Å². The number of rotatable bonds is 6. The van der Waals surface area contributed by atoms with Gasteiger partial charge in [-0.2, -0.15) is 0 Å². The fourth-order valence-corrected chi connectivity index (χ4v) is 3.95. The Bertz CT molecular complexity index is 937. The summed E-state index contributed by atoms with van der Waals surface area (Å²) in [6.45, 7) is 3.76. The highest BCUT2D eigenvalue weighted by Crippen LogP contribution is 2.34. The van der Waals surface area contributed by atoms with Crippen LogP contribution in [0.2, 0.25) is 0 Å². The lowest BCUT2D eigenvalue weighted by Crippen LogP contribution is -2.31. The monoisotopic (exact) mass is 373 g/mol. The molecule has 1 unspecified atom stereocenters. The molecule has 3 nitrogen and oxygen atoms in total. The SMILES string of the molecule is CCc1cc(OC)ccc1C1NCCc2cc(OCc3ccccc3)ccc21. The average molecular weight is 373 g/mol. The summed E-state index contributed by atoms with van der Waals surface area (Å²) in [5.74, 6) is 1.86. The van der Waals surface area contributed by atoms with Gasteiger partial charge in [0.1, 0.15) is 18.1 Å². The van der Waals surface area contributed by atoms with Crippen molar-refractivity contribution in [3.05, 3.63) is 94.5 Å². The predicted octanol–water partition coefficient (Wildman–Crippen LogP) is 5.07. The maximum Gasteiger partial charge on any atom is 0.120 e. The lowest BCUT2D eigenvalue weighted by Gasteiger charge is -2.29. The van der Waals surface area contributed by atoms with Gasteiger partial charge in [-0.1, -0.05) is 49.4 Å². The van der Waals surface area contributed by atoms with Crippen LogP contribution >= 0.6 is 0 Å². The molecule has 0 spiro atoms. The van der Waals surface area contributed by atoms with Crippen molar-refractivity contribution in [3.8, 4) is 11.5 Å². The van der Waals surface area contributed by atoms with Crippen LogP contribution in [0.1, 0.15) is 40.8 Å². The van der Waals surface area contributed by atoms with Crippen molar-refractivity contribution in [3.63, 3.8) is 0 Å². The minimum atomic E-state index is 0.216. The van der Waals surface area contributed by atoms with Gasteiger partial charge in [-0.3, -0.25) is 0 Å². The molecule has 3 aromatic carbocycles. The summed E-state index contributed by atoms with van der Waals surface area (Å²) >= 11 is 0. The van der Waals surface area contributed by atoms with E-state index in [4.69, 9.17) is 9.47 Å². The van der Waals surface area contributed by atoms with Gasteiger partial charge in [0.2, 0.25) is 0 Å². The van der Waals surface area contributed by atoms with E-state index in [1.807, 2.05) is 18.2 Å². The first-order chi connectivity index (χ1) is 13.8. The molecule has 0 bridgehead atoms. The Morgan fingerprint density at radius 2 is 1.71 bits per heavy atom. The number of ether oxygens (including phenoxy) is 2. The van der Waals surface area contributed by atoms with E-state index in [1.54, 1.807) is 7.11 Å². The number of hydrogen-bond acceptors (Lipinski definition) is 3. The standard InChI is InChI=1S/C25H27NO2/c1-3-19-15-21(27-2)9-11-23(19)25-24-12-10-22(16-20(24)13-14-26-25)28-17-18-7-5-4-6-8-18/h4-12,15-16,25-26H,3,13-14,17H2,1-2H3. The Kier molecular flexibility index (Phi) is 5.63. The second kappa shape index (κ2) is 8.49. The van der Waals surface area contributed by atoms with Crippen LogP contribution in [0.3, 0.4) is 0 Å². The van der Waals surface area contributed by atoms with E-state index in [2.05, 4.69) is 60.8 Å². The van der Waals surface area contributed by atoms with E-state index >= 15 is 0 Å². The van der Waals surface area contributed by atoms with Crippen molar-refractivity contribution in [2.45, 2.75) is 32.4 Å². The van der Waals surface area contributed by atoms with Crippen molar-refractivity contribution in [2.24, 2.45) is 0 Å². The zero-order chi connectivity index (χ0) is 19.3. The molecule has 28 heavy (non-hydrogen) atoms. The summed E-state index contributed by atoms with van der Waals surface area (Å²) < 4.78 is 11.4. The number of fused-ring (bicyclic) bond motifs is 1. The van der Waals surface area contributed by atoms with Gasteiger partial charge in [-0.05, 0) is 64.9 Å². The number of aryl methyl sites for hydroxylation is 1. The molecule has 3 aromatic rings. The van der Waals surface area contributed by atoms with E-state index in [1.165, 1.54) is 27.8 Å². The molecule has 0 saturated heterocycles. The lowest BCUT2D eigenvalue weighted by atomic mass is 9.87. The highest BCUT2D eigenvalue weighted by molar-refractivity contribution is 5.47. The van der Waals surface area contributed by atoms with E-state index in [0.717, 1.165) is 30.9 Å². The van der Waals surface area contributed by atoms with Gasteiger partial charge in [0.15, 0.2) is 0 Å². The predicted molar refractivity (Wildman–Crippen MR) is 113 cm³/mol. The molecule has 0 fully saturated rings. The quantitative estimate of drug-likeness (QED) is 0.654. The van der Waals surface area contributed by atoms with Gasteiger partial charge in [-0.15, -0.1) is 0 Å². The summed E-state index contributed by atoms with van der Waals surface area (Å²) in [6, 6.07) is 23.4. The van der Waals surface area contributed by atoms with Crippen LogP contribution in [0.25, 0.3) is 0 Å². The molecule has 1 atom stereocenters. The molecule has 1 heterocycles. The van der Waals surface area contributed by atoms with Crippen LogP contribution in [-0.4, -0.2) is 13.7 Å². The Hall–Kier alpha value is -2.78. The smallest absolute Gasteiger partial charge is 0.120 e. The second-order valence-electron chi connectivity index (χ2n) is 7.19. The fraction of sp³-hybridized carbons (Fsp3) is 0.280. The van der Waals surface area contributed by atoms with Gasteiger partial charge in [0.25, 0.3) is 0 Å². The van der Waals surface area contributed by atoms with Crippen LogP contribution in [0.5, 0.6) is 11.5 Å². The van der Waals surface area contributed by atoms with Crippen LogP contribution in [0.4, 0.5) is 0 Å². The molecule has 0 saturated carbocycles. The Labute approximate surface area is 167 Å². The van der Waals surface area contributed by atoms with E-state index in [-0.39, 0.29) is 6.04 Å². The van der Waals surface area contributed by atoms with Crippen LogP contribution < -0.4 is 14.8 Å². The molecule has 144 valence electrons. The molecular weight excluding hydrogens is 346 g/mol. The van der Waals surface area contributed by atoms with Crippen LogP contribution in [-0.2, 0) is 19.4 Å². The summed E-state index contributed by atoms with van der Waals surface area (Å²) in [7, 11) is 1.72. The zero-order valence-corrected chi connectivity index (χ0v) is 16.6. The Morgan fingerprint density at radius 1 is 0.929 bits per heavy atom. The van der Waals surface area contributed by atoms with E-state index in [0.29, 0.717) is 6.61 Å². The number of hydrogen-bond donors (Lipinski definition) is 1. The summed E-state index contributed by atoms with van der Waals surface area (Å²) in [5.41, 5.74) is 6.56. The van der Waals surface area contributed by atoms with Crippen molar-refractivity contribution in [2.75, 3.05) is 13.7 Å². The normalized spacial score (nSPS) is 15.7. The molecule has 4 rings (SSSR count). The van der Waals surface area contributed by atoms with Gasteiger partial charge in [-0.25, -0.2) is 0 Å². The first kappa shape index (κ1) is 18.6. The lowest BCUT2D eigenvalue weighted by molar-refractivity contribution is 0.305. The van der Waals surface area contributed by atoms with Gasteiger partial charge >= 0.3 is 0 Å². The first-order valence-corrected chi connectivity index (χ1v) is 9.98. The summed E-state index contributed by atoms with van der Waals surface area (Å²) in [5, 5.41) is 3.70. The number of methoxy groups -OCH3 is 1. The minimum Gasteiger partial charge on any atom is -0.497 e. The molecule has 0 radical (unpaired) electrons. The topological polar surface area (TPSA) is 30.5 Å². The van der Waals surface area contributed by atoms with Crippen LogP contribution in [0.15, 0.2) is 66.7 Å². The highest BCUT2D eigenvalue weighted by Gasteiger charge is 2.23. The average Bonchev–Trinajstić information content (AvgIpc) is 2.77. The van der Waals surface area contributed by atoms with Gasteiger partial charge < -0.3 is 14.8 Å². The summed E-state index contributed by atoms with van der Waals surface area (Å²) in [6.07, 6.45) is 2.00. The highest BCUT2D eigenvalue weighted by atomic mass is 16.5. The molecular formula is C25H27NO2. The fourth-order valence-electron chi connectivity index (χ4n) is 3.95. The molecule has 1 N–H and O–H groups in total. The number of nitrogens with one attached hydrogen (secondary N) is 1. The van der Waals surface area contributed by atoms with Gasteiger partial charge in [0, 0.05) is 6.54 Å². The van der Waals surface area contributed by atoms with Crippen molar-refractivity contribution in [1.82, 2.24) is 5.32 Å². The molecule has 0 aromatic heterocycles. The molecule has 0 aliphatic carbocycles. The first-order valence-electron chi connectivity index (χ1n) is 9.98. The van der Waals surface area contributed by atoms with Crippen molar-refractivity contribution < 1.29 is 9.47 Å². The molecule has 3 heteroatoms. The maximum absolute atomic E-state index is 6.04. The number of benzene rings is 3. The third-order valence-electron chi connectivity index (χ3n) is 5.46. The third-order valence-corrected chi connectivity index (χ3v) is 5.46. The molecule has 0 amide bonds. The third kappa shape index (κ3) is 3.90. The molecule has 1 aliphatic heterocycles. The molecule has 1 aliphatic rings. The zero-order valence-electron chi connectivity index (χ0n) is 16.6. The Morgan fingerprint density at radius 3 is 2.50 bits per heavy atom. The Balaban J connectivity index is 1.58. The van der Waals surface area contributed by atoms with E-state index in [9.17, 15) is 0 Å². The minimum absolute atomic E-state index is 0.216.